The molecule has 1 saturated heterocycles. The quantitative estimate of drug-likeness (QED) is 0.768. The molecule has 3 rings (SSSR count). The van der Waals surface area contributed by atoms with Crippen LogP contribution in [0.25, 0.3) is 0 Å². The van der Waals surface area contributed by atoms with Crippen LogP contribution >= 0.6 is 11.3 Å². The van der Waals surface area contributed by atoms with Crippen molar-refractivity contribution in [1.29, 1.82) is 0 Å². The minimum Gasteiger partial charge on any atom is -0.462 e. The summed E-state index contributed by atoms with van der Waals surface area (Å²) in [6, 6.07) is 9.54. The molecule has 2 heterocycles. The number of thiophene rings is 1. The second-order valence-corrected chi connectivity index (χ2v) is 6.95. The van der Waals surface area contributed by atoms with Gasteiger partial charge >= 0.3 is 5.97 Å². The third-order valence-corrected chi connectivity index (χ3v) is 4.93. The molecule has 0 saturated carbocycles. The lowest BCUT2D eigenvalue weighted by molar-refractivity contribution is -0.153. The van der Waals surface area contributed by atoms with Gasteiger partial charge < -0.3 is 19.7 Å². The van der Waals surface area contributed by atoms with Crippen LogP contribution < -0.4 is 5.32 Å². The number of anilines is 1. The van der Waals surface area contributed by atoms with E-state index in [1.165, 1.54) is 16.2 Å². The van der Waals surface area contributed by atoms with Crippen molar-refractivity contribution in [3.63, 3.8) is 0 Å². The zero-order valence-electron chi connectivity index (χ0n) is 14.8. The number of hydrogen-bond donors (Lipinski definition) is 1. The molecule has 1 N–H and O–H groups in total. The highest BCUT2D eigenvalue weighted by Gasteiger charge is 2.34. The molecule has 1 aliphatic heterocycles. The van der Waals surface area contributed by atoms with Gasteiger partial charge in [0.25, 0.3) is 0 Å². The van der Waals surface area contributed by atoms with Crippen molar-refractivity contribution in [3.05, 3.63) is 52.2 Å². The largest absolute Gasteiger partial charge is 0.462 e. The molecular formula is C19H20N2O5S. The number of carbonyl (C=O) groups is 3. The van der Waals surface area contributed by atoms with Crippen molar-refractivity contribution in [2.45, 2.75) is 19.5 Å². The Morgan fingerprint density at radius 1 is 1.30 bits per heavy atom. The lowest BCUT2D eigenvalue weighted by Gasteiger charge is -2.34. The van der Waals surface area contributed by atoms with Gasteiger partial charge in [-0.2, -0.15) is 0 Å². The Kier molecular flexibility index (Phi) is 6.20. The highest BCUT2D eigenvalue weighted by molar-refractivity contribution is 7.09. The van der Waals surface area contributed by atoms with Crippen LogP contribution in [-0.2, 0) is 25.6 Å². The van der Waals surface area contributed by atoms with Gasteiger partial charge in [-0.1, -0.05) is 6.07 Å². The molecular weight excluding hydrogens is 368 g/mol. The topological polar surface area (TPSA) is 84.9 Å². The first-order chi connectivity index (χ1) is 13.1. The minimum absolute atomic E-state index is 0.0244. The molecule has 142 valence electrons. The normalized spacial score (nSPS) is 16.9. The Labute approximate surface area is 160 Å². The smallest absolute Gasteiger partial charge is 0.338 e. The molecule has 0 unspecified atom stereocenters. The van der Waals surface area contributed by atoms with Gasteiger partial charge in [0.2, 0.25) is 11.8 Å². The molecule has 1 aromatic heterocycles. The fourth-order valence-electron chi connectivity index (χ4n) is 2.72. The number of carbonyl (C=O) groups excluding carboxylic acids is 3. The first-order valence-electron chi connectivity index (χ1n) is 8.56. The van der Waals surface area contributed by atoms with Crippen LogP contribution in [0.2, 0.25) is 0 Å². The first-order valence-corrected chi connectivity index (χ1v) is 9.44. The van der Waals surface area contributed by atoms with E-state index < -0.39 is 12.0 Å². The summed E-state index contributed by atoms with van der Waals surface area (Å²) in [5.41, 5.74) is 0.937. The predicted octanol–water partition coefficient (Wildman–Crippen LogP) is 2.29. The second-order valence-electron chi connectivity index (χ2n) is 5.92. The number of hydrogen-bond acceptors (Lipinski definition) is 6. The van der Waals surface area contributed by atoms with Crippen molar-refractivity contribution in [1.82, 2.24) is 4.90 Å². The van der Waals surface area contributed by atoms with Gasteiger partial charge in [-0.15, -0.1) is 11.3 Å². The Morgan fingerprint density at radius 2 is 2.07 bits per heavy atom. The third kappa shape index (κ3) is 4.72. The maximum Gasteiger partial charge on any atom is 0.338 e. The van der Waals surface area contributed by atoms with Crippen LogP contribution in [0.3, 0.4) is 0 Å². The Balaban J connectivity index is 1.67. The van der Waals surface area contributed by atoms with E-state index in [0.29, 0.717) is 24.4 Å². The van der Waals surface area contributed by atoms with Crippen molar-refractivity contribution >= 4 is 34.8 Å². The number of ether oxygens (including phenoxy) is 2. The predicted molar refractivity (Wildman–Crippen MR) is 101 cm³/mol. The number of morpholine rings is 1. The number of amides is 2. The molecule has 0 spiro atoms. The molecule has 0 radical (unpaired) electrons. The summed E-state index contributed by atoms with van der Waals surface area (Å²) < 4.78 is 10.2. The van der Waals surface area contributed by atoms with Crippen LogP contribution in [0, 0.1) is 0 Å². The molecule has 2 amide bonds. The van der Waals surface area contributed by atoms with Gasteiger partial charge in [0.1, 0.15) is 12.6 Å². The van der Waals surface area contributed by atoms with Crippen molar-refractivity contribution in [2.75, 3.05) is 25.1 Å². The van der Waals surface area contributed by atoms with E-state index in [-0.39, 0.29) is 25.0 Å². The number of nitrogens with zero attached hydrogens (tertiary/aromatic N) is 1. The second kappa shape index (κ2) is 8.79. The first kappa shape index (κ1) is 19.1. The van der Waals surface area contributed by atoms with Crippen LogP contribution in [0.5, 0.6) is 0 Å². The molecule has 0 aliphatic carbocycles. The summed E-state index contributed by atoms with van der Waals surface area (Å²) in [6.45, 7) is 2.53. The summed E-state index contributed by atoms with van der Waals surface area (Å²) in [7, 11) is 0. The summed E-state index contributed by atoms with van der Waals surface area (Å²) in [5, 5.41) is 4.71. The summed E-state index contributed by atoms with van der Waals surface area (Å²) in [6.07, 6.45) is 0. The molecule has 1 aromatic carbocycles. The average Bonchev–Trinajstić information content (AvgIpc) is 3.17. The van der Waals surface area contributed by atoms with E-state index in [2.05, 4.69) is 5.32 Å². The lowest BCUT2D eigenvalue weighted by Crippen LogP contribution is -2.54. The van der Waals surface area contributed by atoms with Gasteiger partial charge in [-0.25, -0.2) is 4.79 Å². The van der Waals surface area contributed by atoms with E-state index in [9.17, 15) is 14.4 Å². The molecule has 27 heavy (non-hydrogen) atoms. The molecule has 1 atom stereocenters. The van der Waals surface area contributed by atoms with Crippen LogP contribution in [0.4, 0.5) is 5.69 Å². The Bertz CT molecular complexity index is 804. The molecule has 7 nitrogen and oxygen atoms in total. The molecule has 0 bridgehead atoms. The van der Waals surface area contributed by atoms with Gasteiger partial charge in [0.05, 0.1) is 25.3 Å². The highest BCUT2D eigenvalue weighted by atomic mass is 32.1. The average molecular weight is 388 g/mol. The molecule has 2 aromatic rings. The molecule has 1 fully saturated rings. The summed E-state index contributed by atoms with van der Waals surface area (Å²) in [5.74, 6) is -0.959. The summed E-state index contributed by atoms with van der Waals surface area (Å²) in [4.78, 5) is 39.2. The monoisotopic (exact) mass is 388 g/mol. The van der Waals surface area contributed by atoms with Gasteiger partial charge in [0.15, 0.2) is 0 Å². The van der Waals surface area contributed by atoms with E-state index in [4.69, 9.17) is 9.47 Å². The molecule has 8 heteroatoms. The van der Waals surface area contributed by atoms with Gasteiger partial charge in [0, 0.05) is 10.6 Å². The van der Waals surface area contributed by atoms with Gasteiger partial charge in [-0.3, -0.25) is 9.59 Å². The zero-order chi connectivity index (χ0) is 19.2. The lowest BCUT2D eigenvalue weighted by atomic mass is 10.1. The van der Waals surface area contributed by atoms with E-state index in [1.807, 2.05) is 17.5 Å². The van der Waals surface area contributed by atoms with Gasteiger partial charge in [-0.05, 0) is 42.6 Å². The zero-order valence-corrected chi connectivity index (χ0v) is 15.7. The van der Waals surface area contributed by atoms with Crippen molar-refractivity contribution in [2.24, 2.45) is 0 Å². The van der Waals surface area contributed by atoms with E-state index in [0.717, 1.165) is 4.88 Å². The van der Waals surface area contributed by atoms with Crippen LogP contribution in [-0.4, -0.2) is 48.5 Å². The fraction of sp³-hybridized carbons (Fsp3) is 0.316. The number of esters is 1. The van der Waals surface area contributed by atoms with Crippen LogP contribution in [0.1, 0.15) is 22.2 Å². The Hall–Kier alpha value is -2.71. The van der Waals surface area contributed by atoms with E-state index >= 15 is 0 Å². The fourth-order valence-corrected chi connectivity index (χ4v) is 3.42. The van der Waals surface area contributed by atoms with Crippen molar-refractivity contribution in [3.8, 4) is 0 Å². The molecule has 1 aliphatic rings. The summed E-state index contributed by atoms with van der Waals surface area (Å²) >= 11 is 1.53. The number of rotatable bonds is 6. The standard InChI is InChI=1S/C19H20N2O5S/c1-2-26-19(24)13-5-7-14(8-6-13)20-18(23)16-11-25-12-17(22)21(16)10-15-4-3-9-27-15/h3-9,16H,2,10-12H2,1H3,(H,20,23)/t16-/m1/s1. The third-order valence-electron chi connectivity index (χ3n) is 4.07. The van der Waals surface area contributed by atoms with Crippen molar-refractivity contribution < 1.29 is 23.9 Å². The van der Waals surface area contributed by atoms with E-state index in [1.54, 1.807) is 31.2 Å². The highest BCUT2D eigenvalue weighted by Crippen LogP contribution is 2.19. The van der Waals surface area contributed by atoms with Crippen LogP contribution in [0.15, 0.2) is 41.8 Å². The maximum atomic E-state index is 12.7. The SMILES string of the molecule is CCOC(=O)c1ccc(NC(=O)[C@H]2COCC(=O)N2Cc2cccs2)cc1. The minimum atomic E-state index is -0.710. The number of benzene rings is 1. The Morgan fingerprint density at radius 3 is 2.74 bits per heavy atom. The number of nitrogens with one attached hydrogen (secondary N) is 1. The maximum absolute atomic E-state index is 12.7.